The minimum Gasteiger partial charge on any atom is -0.494 e. The number of ether oxygens (including phenoxy) is 1. The second-order valence-electron chi connectivity index (χ2n) is 7.12. The normalized spacial score (nSPS) is 10.8. The molecule has 158 valence electrons. The Hall–Kier alpha value is -3.35. The number of carbonyl (C=O) groups excluding carboxylic acids is 1. The quantitative estimate of drug-likeness (QED) is 0.504. The van der Waals surface area contributed by atoms with E-state index >= 15 is 0 Å². The van der Waals surface area contributed by atoms with Gasteiger partial charge in [-0.3, -0.25) is 19.1 Å². The van der Waals surface area contributed by atoms with E-state index in [2.05, 4.69) is 17.2 Å². The van der Waals surface area contributed by atoms with Gasteiger partial charge in [0.15, 0.2) is 0 Å². The van der Waals surface area contributed by atoms with Gasteiger partial charge in [-0.2, -0.15) is 0 Å². The summed E-state index contributed by atoms with van der Waals surface area (Å²) in [4.78, 5) is 38.5. The van der Waals surface area contributed by atoms with Gasteiger partial charge in [0.25, 0.3) is 5.56 Å². The predicted molar refractivity (Wildman–Crippen MR) is 117 cm³/mol. The van der Waals surface area contributed by atoms with Gasteiger partial charge >= 0.3 is 5.69 Å². The fourth-order valence-electron chi connectivity index (χ4n) is 3.20. The number of hydrogen-bond acceptors (Lipinski definition) is 4. The van der Waals surface area contributed by atoms with Gasteiger partial charge in [-0.15, -0.1) is 0 Å². The Morgan fingerprint density at radius 2 is 1.87 bits per heavy atom. The Balaban J connectivity index is 1.49. The van der Waals surface area contributed by atoms with Crippen LogP contribution in [0, 0.1) is 0 Å². The first-order chi connectivity index (χ1) is 14.6. The molecule has 2 aromatic carbocycles. The van der Waals surface area contributed by atoms with Crippen molar-refractivity contribution in [3.63, 3.8) is 0 Å². The number of unbranched alkanes of at least 4 members (excludes halogenated alkanes) is 1. The molecule has 2 N–H and O–H groups in total. The molecule has 0 fully saturated rings. The number of aromatic nitrogens is 2. The molecule has 0 aliphatic rings. The Morgan fingerprint density at radius 3 is 2.63 bits per heavy atom. The minimum atomic E-state index is -0.507. The molecule has 1 aromatic heterocycles. The summed E-state index contributed by atoms with van der Waals surface area (Å²) in [6, 6.07) is 14.8. The highest BCUT2D eigenvalue weighted by Crippen LogP contribution is 2.13. The summed E-state index contributed by atoms with van der Waals surface area (Å²) < 4.78 is 7.07. The van der Waals surface area contributed by atoms with Gasteiger partial charge < -0.3 is 10.1 Å². The molecule has 7 heteroatoms. The van der Waals surface area contributed by atoms with Gasteiger partial charge in [-0.05, 0) is 42.7 Å². The van der Waals surface area contributed by atoms with Crippen LogP contribution in [0.5, 0.6) is 5.75 Å². The van der Waals surface area contributed by atoms with Crippen LogP contribution in [0.15, 0.2) is 58.1 Å². The van der Waals surface area contributed by atoms with E-state index in [9.17, 15) is 14.4 Å². The number of fused-ring (bicyclic) bond motifs is 1. The van der Waals surface area contributed by atoms with Crippen molar-refractivity contribution in [2.45, 2.75) is 39.2 Å². The fourth-order valence-corrected chi connectivity index (χ4v) is 3.20. The third-order valence-corrected chi connectivity index (χ3v) is 4.89. The Morgan fingerprint density at radius 1 is 1.10 bits per heavy atom. The standard InChI is InChI=1S/C23H27N3O4/c1-2-3-16-30-18-10-8-17(9-11-18)12-14-24-21(27)13-15-26-20-7-5-4-6-19(20)22(28)25-23(26)29/h4-11H,2-3,12-16H2,1H3,(H,24,27)(H,25,28,29). The second kappa shape index (κ2) is 10.4. The highest BCUT2D eigenvalue weighted by atomic mass is 16.5. The van der Waals surface area contributed by atoms with E-state index in [1.54, 1.807) is 24.3 Å². The summed E-state index contributed by atoms with van der Waals surface area (Å²) in [6.07, 6.45) is 3.00. The van der Waals surface area contributed by atoms with Crippen molar-refractivity contribution in [1.82, 2.24) is 14.9 Å². The van der Waals surface area contributed by atoms with Crippen LogP contribution < -0.4 is 21.3 Å². The smallest absolute Gasteiger partial charge is 0.328 e. The highest BCUT2D eigenvalue weighted by molar-refractivity contribution is 5.78. The first-order valence-corrected chi connectivity index (χ1v) is 10.3. The molecule has 3 aromatic rings. The van der Waals surface area contributed by atoms with E-state index in [1.807, 2.05) is 24.3 Å². The highest BCUT2D eigenvalue weighted by Gasteiger charge is 2.09. The number of nitrogens with one attached hydrogen (secondary N) is 2. The van der Waals surface area contributed by atoms with E-state index in [0.29, 0.717) is 23.9 Å². The Bertz CT molecular complexity index is 1100. The van der Waals surface area contributed by atoms with Crippen molar-refractivity contribution in [2.24, 2.45) is 0 Å². The van der Waals surface area contributed by atoms with Gasteiger partial charge in [0.2, 0.25) is 5.91 Å². The van der Waals surface area contributed by atoms with Gasteiger partial charge in [0.1, 0.15) is 5.75 Å². The number of benzene rings is 2. The maximum absolute atomic E-state index is 12.2. The number of H-pyrrole nitrogens is 1. The maximum Gasteiger partial charge on any atom is 0.328 e. The van der Waals surface area contributed by atoms with Crippen LogP contribution in [-0.4, -0.2) is 28.6 Å². The molecule has 1 amide bonds. The number of hydrogen-bond donors (Lipinski definition) is 2. The van der Waals surface area contributed by atoms with Crippen LogP contribution in [0.3, 0.4) is 0 Å². The predicted octanol–water partition coefficient (Wildman–Crippen LogP) is 2.62. The van der Waals surface area contributed by atoms with Crippen LogP contribution in [0.1, 0.15) is 31.7 Å². The van der Waals surface area contributed by atoms with Crippen LogP contribution in [-0.2, 0) is 17.8 Å². The molecule has 0 atom stereocenters. The van der Waals surface area contributed by atoms with E-state index in [-0.39, 0.29) is 18.9 Å². The molecule has 0 radical (unpaired) electrons. The van der Waals surface area contributed by atoms with Crippen LogP contribution in [0.2, 0.25) is 0 Å². The zero-order valence-corrected chi connectivity index (χ0v) is 17.1. The average Bonchev–Trinajstić information content (AvgIpc) is 2.75. The summed E-state index contributed by atoms with van der Waals surface area (Å²) in [6.45, 7) is 3.56. The van der Waals surface area contributed by atoms with Crippen molar-refractivity contribution in [3.05, 3.63) is 74.9 Å². The van der Waals surface area contributed by atoms with Gasteiger partial charge in [0, 0.05) is 19.5 Å². The van der Waals surface area contributed by atoms with E-state index in [1.165, 1.54) is 4.57 Å². The lowest BCUT2D eigenvalue weighted by Gasteiger charge is -2.10. The first kappa shape index (κ1) is 21.4. The lowest BCUT2D eigenvalue weighted by Crippen LogP contribution is -2.33. The zero-order valence-electron chi connectivity index (χ0n) is 17.1. The summed E-state index contributed by atoms with van der Waals surface area (Å²) in [7, 11) is 0. The van der Waals surface area contributed by atoms with Crippen molar-refractivity contribution >= 4 is 16.8 Å². The average molecular weight is 409 g/mol. The Kier molecular flexibility index (Phi) is 7.43. The van der Waals surface area contributed by atoms with Crippen molar-refractivity contribution in [2.75, 3.05) is 13.2 Å². The fraction of sp³-hybridized carbons (Fsp3) is 0.348. The molecule has 3 rings (SSSR count). The summed E-state index contributed by atoms with van der Waals surface area (Å²) in [5, 5.41) is 3.31. The molecule has 1 heterocycles. The summed E-state index contributed by atoms with van der Waals surface area (Å²) in [5.41, 5.74) is 0.715. The molecular formula is C23H27N3O4. The Labute approximate surface area is 174 Å². The summed E-state index contributed by atoms with van der Waals surface area (Å²) in [5.74, 6) is 0.714. The van der Waals surface area contributed by atoms with Crippen LogP contribution in [0.25, 0.3) is 10.9 Å². The van der Waals surface area contributed by atoms with Crippen LogP contribution >= 0.6 is 0 Å². The number of nitrogens with zero attached hydrogens (tertiary/aromatic N) is 1. The molecule has 0 unspecified atom stereocenters. The molecular weight excluding hydrogens is 382 g/mol. The third kappa shape index (κ3) is 5.59. The number of aromatic amines is 1. The topological polar surface area (TPSA) is 93.2 Å². The largest absolute Gasteiger partial charge is 0.494 e. The van der Waals surface area contributed by atoms with E-state index < -0.39 is 11.2 Å². The molecule has 0 saturated heterocycles. The number of carbonyl (C=O) groups is 1. The summed E-state index contributed by atoms with van der Waals surface area (Å²) >= 11 is 0. The zero-order chi connectivity index (χ0) is 21.3. The number of rotatable bonds is 10. The number of amides is 1. The SMILES string of the molecule is CCCCOc1ccc(CCNC(=O)CCn2c(=O)[nH]c(=O)c3ccccc32)cc1. The number of aryl methyl sites for hydroxylation is 1. The molecule has 7 nitrogen and oxygen atoms in total. The molecule has 0 bridgehead atoms. The van der Waals surface area contributed by atoms with Gasteiger partial charge in [0.05, 0.1) is 17.5 Å². The second-order valence-corrected chi connectivity index (χ2v) is 7.12. The lowest BCUT2D eigenvalue weighted by atomic mass is 10.1. The monoisotopic (exact) mass is 409 g/mol. The van der Waals surface area contributed by atoms with E-state index in [4.69, 9.17) is 4.74 Å². The molecule has 0 saturated carbocycles. The molecule has 0 spiro atoms. The maximum atomic E-state index is 12.2. The van der Waals surface area contributed by atoms with E-state index in [0.717, 1.165) is 30.8 Å². The van der Waals surface area contributed by atoms with Crippen molar-refractivity contribution in [3.8, 4) is 5.75 Å². The lowest BCUT2D eigenvalue weighted by molar-refractivity contribution is -0.121. The molecule has 0 aliphatic carbocycles. The van der Waals surface area contributed by atoms with Gasteiger partial charge in [-0.25, -0.2) is 4.79 Å². The first-order valence-electron chi connectivity index (χ1n) is 10.3. The number of para-hydroxylation sites is 1. The molecule has 0 aliphatic heterocycles. The van der Waals surface area contributed by atoms with Gasteiger partial charge in [-0.1, -0.05) is 37.6 Å². The van der Waals surface area contributed by atoms with Crippen LogP contribution in [0.4, 0.5) is 0 Å². The van der Waals surface area contributed by atoms with Crippen molar-refractivity contribution in [1.29, 1.82) is 0 Å². The molecule has 30 heavy (non-hydrogen) atoms. The van der Waals surface area contributed by atoms with Crippen molar-refractivity contribution < 1.29 is 9.53 Å². The minimum absolute atomic E-state index is 0.142. The third-order valence-electron chi connectivity index (χ3n) is 4.89.